The van der Waals surface area contributed by atoms with E-state index in [9.17, 15) is 58.2 Å². The fourth-order valence-electron chi connectivity index (χ4n) is 8.62. The molecule has 28 nitrogen and oxygen atoms in total. The molecule has 20 N–H and O–H groups in total. The number of aromatic hydroxyl groups is 1. The molecule has 0 saturated carbocycles. The van der Waals surface area contributed by atoms with Crippen molar-refractivity contribution in [2.24, 2.45) is 50.5 Å². The van der Waals surface area contributed by atoms with Gasteiger partial charge < -0.3 is 86.3 Å². The van der Waals surface area contributed by atoms with Gasteiger partial charge in [-0.1, -0.05) is 67.8 Å². The van der Waals surface area contributed by atoms with E-state index < -0.39 is 125 Å². The number of nitrogens with two attached hydrogens (primary N) is 5. The van der Waals surface area contributed by atoms with Crippen molar-refractivity contribution >= 4 is 92.6 Å². The zero-order chi connectivity index (χ0) is 59.8. The van der Waals surface area contributed by atoms with Crippen molar-refractivity contribution in [3.8, 4) is 5.75 Å². The normalized spacial score (nSPS) is 25.4. The zero-order valence-corrected chi connectivity index (χ0v) is 47.8. The largest absolute Gasteiger partial charge is 0.508 e. The summed E-state index contributed by atoms with van der Waals surface area (Å²) >= 11 is 0. The summed E-state index contributed by atoms with van der Waals surface area (Å²) in [5, 5.41) is 42.1. The minimum Gasteiger partial charge on any atom is -0.508 e. The molecule has 2 heterocycles. The van der Waals surface area contributed by atoms with E-state index in [0.29, 0.717) is 18.4 Å². The molecule has 0 spiro atoms. The van der Waals surface area contributed by atoms with Gasteiger partial charge >= 0.3 is 0 Å². The third kappa shape index (κ3) is 22.6. The van der Waals surface area contributed by atoms with Crippen molar-refractivity contribution in [3.05, 3.63) is 29.8 Å². The van der Waals surface area contributed by atoms with E-state index in [1.807, 2.05) is 0 Å². The van der Waals surface area contributed by atoms with Gasteiger partial charge in [0, 0.05) is 44.5 Å². The van der Waals surface area contributed by atoms with Crippen LogP contribution in [-0.2, 0) is 54.4 Å². The Morgan fingerprint density at radius 2 is 1.21 bits per heavy atom. The Balaban J connectivity index is 2.20. The number of carbonyl (C=O) groups excluding carboxylic acids is 10. The Morgan fingerprint density at radius 1 is 0.688 bits per heavy atom. The number of fused-ring (bicyclic) bond motifs is 1. The van der Waals surface area contributed by atoms with Crippen molar-refractivity contribution < 1.29 is 58.2 Å². The number of nitrogens with zero attached hydrogens (tertiary/aromatic N) is 3. The number of hydrogen-bond donors (Lipinski definition) is 15. The van der Waals surface area contributed by atoms with E-state index in [1.54, 1.807) is 27.7 Å². The molecular weight excluding hydrogens is 1080 g/mol. The smallest absolute Gasteiger partial charge is 0.245 e. The van der Waals surface area contributed by atoms with E-state index in [1.165, 1.54) is 43.0 Å². The maximum Gasteiger partial charge on any atom is 0.245 e. The van der Waals surface area contributed by atoms with Gasteiger partial charge in [-0.15, -0.1) is 0 Å². The van der Waals surface area contributed by atoms with E-state index in [2.05, 4.69) is 52.5 Å². The van der Waals surface area contributed by atoms with Crippen LogP contribution < -0.4 is 71.2 Å². The second kappa shape index (κ2) is 33.5. The van der Waals surface area contributed by atoms with Crippen LogP contribution >= 0.6 is 21.6 Å². The molecule has 0 bridgehead atoms. The number of phenols is 1. The van der Waals surface area contributed by atoms with Gasteiger partial charge in [-0.05, 0) is 81.4 Å². The molecule has 1 aromatic carbocycles. The number of rotatable bonds is 17. The predicted molar refractivity (Wildman–Crippen MR) is 302 cm³/mol. The number of nitrogens with one attached hydrogen (secondary N) is 8. The van der Waals surface area contributed by atoms with Gasteiger partial charge in [-0.3, -0.25) is 57.9 Å². The van der Waals surface area contributed by atoms with E-state index >= 15 is 0 Å². The molecule has 30 heteroatoms. The van der Waals surface area contributed by atoms with Crippen LogP contribution in [0.25, 0.3) is 0 Å². The summed E-state index contributed by atoms with van der Waals surface area (Å²) in [7, 11) is 2.04. The molecule has 10 amide bonds. The lowest BCUT2D eigenvalue weighted by molar-refractivity contribution is -0.143. The highest BCUT2D eigenvalue weighted by atomic mass is 33.1. The summed E-state index contributed by atoms with van der Waals surface area (Å²) in [6.07, 6.45) is -0.837. The molecule has 2 aliphatic rings. The summed E-state index contributed by atoms with van der Waals surface area (Å²) in [4.78, 5) is 149. The predicted octanol–water partition coefficient (Wildman–Crippen LogP) is -3.72. The van der Waals surface area contributed by atoms with Gasteiger partial charge in [0.2, 0.25) is 59.1 Å². The van der Waals surface area contributed by atoms with Crippen LogP contribution in [-0.4, -0.2) is 178 Å². The van der Waals surface area contributed by atoms with Crippen LogP contribution in [0.15, 0.2) is 34.3 Å². The van der Waals surface area contributed by atoms with Crippen LogP contribution in [0.3, 0.4) is 0 Å². The van der Waals surface area contributed by atoms with Crippen LogP contribution in [0.2, 0.25) is 0 Å². The number of carbonyl (C=O) groups is 10. The van der Waals surface area contributed by atoms with Crippen molar-refractivity contribution in [1.29, 1.82) is 0 Å². The van der Waals surface area contributed by atoms with Gasteiger partial charge in [-0.25, -0.2) is 0 Å². The molecule has 446 valence electrons. The second-order valence-corrected chi connectivity index (χ2v) is 22.8. The Bertz CT molecular complexity index is 2370. The molecule has 80 heavy (non-hydrogen) atoms. The third-order valence-corrected chi connectivity index (χ3v) is 15.5. The molecule has 1 aromatic rings. The summed E-state index contributed by atoms with van der Waals surface area (Å²) in [5.41, 5.74) is 28.4. The molecular formula is C50H82N16O12S2. The number of phenolic OH excluding ortho intramolecular Hbond substituents is 1. The summed E-state index contributed by atoms with van der Waals surface area (Å²) in [5.74, 6) is -9.81. The number of aliphatic hydroxyl groups excluding tert-OH is 1. The topological polar surface area (TPSA) is 465 Å². The molecule has 0 aromatic heterocycles. The third-order valence-electron chi connectivity index (χ3n) is 13.1. The Kier molecular flexibility index (Phi) is 28.1. The molecule has 2 fully saturated rings. The number of hydrogen-bond acceptors (Lipinski definition) is 16. The standard InChI is InChI=1S/C50H82N16O12S2/c1-7-26(4)38-46(76)65-39(27(5)67)47(77)60-32(12-9-19-57-50(54)55)48(78)66-20-10-13-37(66)45(75)59-31(11-8-18-56-49(52)53)41(71)62-34(22-29-14-16-30(69)17-15-29)42(72)63-35(40(51)70)23-79-80-24-36(58-28(6)68)44(74)61-33(21-25(2)3)43(73)64-38/h14-17,25-27,31-39,67,69H,7-13,18-24H2,1-6H3,(H2,51,70)(H,58,68)(H,59,75)(H,60,77)(H,61,74)(H,62,71)(H,63,72)(H,64,73)(H,65,76)(H4,52,53,56)(H4,54,55,57)/t26-,27+,31-,32-,33-,34-,35-,36-,37-,38-,39-/m0/s1. The van der Waals surface area contributed by atoms with Crippen LogP contribution in [0.5, 0.6) is 5.75 Å². The minimum atomic E-state index is -1.70. The number of guanidine groups is 2. The first-order valence-electron chi connectivity index (χ1n) is 26.5. The molecule has 0 aliphatic carbocycles. The molecule has 2 saturated heterocycles. The quantitative estimate of drug-likeness (QED) is 0.0309. The number of primary amides is 1. The van der Waals surface area contributed by atoms with Gasteiger partial charge in [-0.2, -0.15) is 0 Å². The Morgan fingerprint density at radius 3 is 1.77 bits per heavy atom. The fraction of sp³-hybridized carbons (Fsp3) is 0.640. The number of benzene rings is 1. The van der Waals surface area contributed by atoms with Crippen molar-refractivity contribution in [3.63, 3.8) is 0 Å². The summed E-state index contributed by atoms with van der Waals surface area (Å²) < 4.78 is 0. The van der Waals surface area contributed by atoms with E-state index in [-0.39, 0.29) is 99.7 Å². The van der Waals surface area contributed by atoms with E-state index in [4.69, 9.17) is 28.7 Å². The summed E-state index contributed by atoms with van der Waals surface area (Å²) in [6.45, 7) is 9.53. The van der Waals surface area contributed by atoms with Crippen molar-refractivity contribution in [2.75, 3.05) is 31.1 Å². The first-order valence-corrected chi connectivity index (χ1v) is 29.0. The first-order chi connectivity index (χ1) is 37.7. The monoisotopic (exact) mass is 1160 g/mol. The van der Waals surface area contributed by atoms with E-state index in [0.717, 1.165) is 21.6 Å². The van der Waals surface area contributed by atoms with Crippen LogP contribution in [0, 0.1) is 11.8 Å². The molecule has 0 unspecified atom stereocenters. The highest BCUT2D eigenvalue weighted by molar-refractivity contribution is 8.76. The fourth-order valence-corrected chi connectivity index (χ4v) is 11.0. The molecule has 2 aliphatic heterocycles. The van der Waals surface area contributed by atoms with Gasteiger partial charge in [0.05, 0.1) is 6.10 Å². The lowest BCUT2D eigenvalue weighted by Crippen LogP contribution is -2.62. The summed E-state index contributed by atoms with van der Waals surface area (Å²) in [6, 6.07) is -6.58. The highest BCUT2D eigenvalue weighted by Crippen LogP contribution is 2.25. The number of aliphatic hydroxyl groups is 1. The Labute approximate surface area is 473 Å². The molecule has 0 radical (unpaired) electrons. The van der Waals surface area contributed by atoms with Crippen LogP contribution in [0.4, 0.5) is 0 Å². The van der Waals surface area contributed by atoms with Gasteiger partial charge in [0.1, 0.15) is 60.1 Å². The lowest BCUT2D eigenvalue weighted by Gasteiger charge is -2.32. The maximum atomic E-state index is 14.7. The average molecular weight is 1160 g/mol. The lowest BCUT2D eigenvalue weighted by atomic mass is 9.96. The maximum absolute atomic E-state index is 14.7. The van der Waals surface area contributed by atoms with Gasteiger partial charge in [0.15, 0.2) is 11.9 Å². The second-order valence-electron chi connectivity index (χ2n) is 20.2. The van der Waals surface area contributed by atoms with Crippen molar-refractivity contribution in [1.82, 2.24) is 47.4 Å². The van der Waals surface area contributed by atoms with Crippen molar-refractivity contribution in [2.45, 2.75) is 160 Å². The van der Waals surface area contributed by atoms with Crippen LogP contribution in [0.1, 0.15) is 98.5 Å². The average Bonchev–Trinajstić information content (AvgIpc) is 3.88. The highest BCUT2D eigenvalue weighted by Gasteiger charge is 2.41. The van der Waals surface area contributed by atoms with Gasteiger partial charge in [0.25, 0.3) is 0 Å². The first kappa shape index (κ1) is 67.2. The minimum absolute atomic E-state index is 0.0222. The number of aliphatic imine (C=N–C) groups is 2. The molecule has 11 atom stereocenters. The number of amides is 10. The Hall–Kier alpha value is -7.08. The SMILES string of the molecule is CC[C@H](C)[C@@H]1NC(=O)[C@H](CC(C)C)NC(=O)[C@@H](NC(C)=O)CSSC[C@@H](C(N)=O)NC(=O)[C@H](Cc2ccc(O)cc2)NC(=O)[C@H](CCCN=C(N)N)NC(=O)[C@@H]2CCCN2C(=O)[C@H](CCCN=C(N)N)NC(=O)[C@H]([C@@H](C)O)NC1=O. The zero-order valence-electron chi connectivity index (χ0n) is 46.2. The molecule has 3 rings (SSSR count).